The third-order valence-corrected chi connectivity index (χ3v) is 13.7. The third kappa shape index (κ3) is 6.86. The smallest absolute Gasteiger partial charge is 0.415 e. The van der Waals surface area contributed by atoms with Gasteiger partial charge in [-0.3, -0.25) is 10.2 Å². The summed E-state index contributed by atoms with van der Waals surface area (Å²) >= 11 is 0.804. The number of ether oxygens (including phenoxy) is 3. The number of hydrogen-bond acceptors (Lipinski definition) is 12. The Morgan fingerprint density at radius 1 is 0.967 bits per heavy atom. The fraction of sp³-hybridized carbons (Fsp3) is 0.581. The Kier molecular flexibility index (Phi) is 9.67. The highest BCUT2D eigenvalue weighted by Gasteiger charge is 2.69. The number of hydrogen-bond donors (Lipinski definition) is 1. The number of nitrogens with one attached hydrogen (secondary N) is 1. The van der Waals surface area contributed by atoms with Crippen LogP contribution in [0, 0.1) is 23.0 Å². The summed E-state index contributed by atoms with van der Waals surface area (Å²) < 4.78 is 85.6. The molecule has 5 aliphatic heterocycles. The van der Waals surface area contributed by atoms with Gasteiger partial charge in [0.25, 0.3) is 0 Å². The van der Waals surface area contributed by atoms with Crippen LogP contribution < -0.4 is 15.0 Å². The van der Waals surface area contributed by atoms with E-state index in [-0.39, 0.29) is 92.5 Å². The van der Waals surface area contributed by atoms with E-state index in [1.54, 1.807) is 41.5 Å². The number of benzene rings is 1. The van der Waals surface area contributed by atoms with Gasteiger partial charge in [0, 0.05) is 23.8 Å². The standard InChI is InChI=1S/C43H48F4N8O5S/c1-39(2,3)59-37(56)52-35-24(20-48)28-23(12-13-25(44)33(28)61-35)31-30(45)32-29-26(49-31)10-7-11-27-43(47)17-16-42(46,55(43)38(57)60-40(4,5)6)21-54(27)34(29)51-36(50-32)58-22-41-14-8-18-53(41)19-9-15-41/h12-13,27H,7-11,14-19,21-22H2,1-6H3,(H,52,56)/t27-,42-,43+/m1/s1. The van der Waals surface area contributed by atoms with Crippen LogP contribution in [0.15, 0.2) is 12.1 Å². The van der Waals surface area contributed by atoms with E-state index in [0.29, 0.717) is 17.0 Å². The Hall–Kier alpha value is -5.02. The second-order valence-electron chi connectivity index (χ2n) is 18.9. The van der Waals surface area contributed by atoms with E-state index in [1.165, 1.54) is 11.0 Å². The summed E-state index contributed by atoms with van der Waals surface area (Å²) in [6.07, 6.45) is 1.87. The Bertz CT molecular complexity index is 2530. The number of aryl methyl sites for hydroxylation is 1. The number of piperazine rings is 1. The molecule has 2 amide bonds. The molecule has 0 unspecified atom stereocenters. The van der Waals surface area contributed by atoms with E-state index in [2.05, 4.69) is 21.3 Å². The second kappa shape index (κ2) is 14.3. The van der Waals surface area contributed by atoms with Crippen LogP contribution in [-0.2, 0) is 15.9 Å². The number of carbonyl (C=O) groups excluding carboxylic acids is 2. The van der Waals surface area contributed by atoms with E-state index in [9.17, 15) is 14.9 Å². The fourth-order valence-electron chi connectivity index (χ4n) is 10.1. The Labute approximate surface area is 354 Å². The molecular formula is C43H48F4N8O5S. The van der Waals surface area contributed by atoms with Crippen LogP contribution in [0.5, 0.6) is 6.01 Å². The minimum Gasteiger partial charge on any atom is -0.461 e. The van der Waals surface area contributed by atoms with Crippen molar-refractivity contribution in [1.82, 2.24) is 24.8 Å². The lowest BCUT2D eigenvalue weighted by Gasteiger charge is -2.52. The van der Waals surface area contributed by atoms with E-state index in [1.807, 2.05) is 0 Å². The summed E-state index contributed by atoms with van der Waals surface area (Å²) in [6.45, 7) is 11.5. The molecular weight excluding hydrogens is 817 g/mol. The SMILES string of the molecule is CC(C)(C)OC(=O)Nc1sc2c(F)ccc(-c3nc4c5c(nc(OCC67CCCN6CCC7)nc5c3F)N3C[C@@]5(F)CC[C@@](F)([C@H]3CCC4)N5C(=O)OC(C)(C)C)c2c1C#N. The number of aromatic nitrogens is 3. The van der Waals surface area contributed by atoms with Crippen LogP contribution in [-0.4, -0.2) is 97.5 Å². The summed E-state index contributed by atoms with van der Waals surface area (Å²) in [4.78, 5) is 45.2. The van der Waals surface area contributed by atoms with Gasteiger partial charge in [-0.25, -0.2) is 37.0 Å². The number of halogens is 4. The molecule has 3 atom stereocenters. The monoisotopic (exact) mass is 864 g/mol. The number of anilines is 2. The van der Waals surface area contributed by atoms with Gasteiger partial charge in [0.2, 0.25) is 11.6 Å². The maximum atomic E-state index is 17.7. The zero-order valence-electron chi connectivity index (χ0n) is 35.0. The predicted octanol–water partition coefficient (Wildman–Crippen LogP) is 9.30. The molecule has 4 aromatic rings. The van der Waals surface area contributed by atoms with E-state index in [4.69, 9.17) is 24.2 Å². The first-order valence-electron chi connectivity index (χ1n) is 20.9. The first-order valence-corrected chi connectivity index (χ1v) is 21.7. The topological polar surface area (TPSA) is 146 Å². The minimum atomic E-state index is -2.50. The van der Waals surface area contributed by atoms with Crippen LogP contribution >= 0.6 is 11.3 Å². The number of fused-ring (bicyclic) bond motifs is 7. The van der Waals surface area contributed by atoms with Gasteiger partial charge in [-0.2, -0.15) is 15.2 Å². The molecule has 18 heteroatoms. The molecule has 8 heterocycles. The van der Waals surface area contributed by atoms with Crippen molar-refractivity contribution in [2.24, 2.45) is 0 Å². The van der Waals surface area contributed by atoms with Gasteiger partial charge in [0.1, 0.15) is 51.7 Å². The van der Waals surface area contributed by atoms with E-state index < -0.39 is 59.2 Å². The van der Waals surface area contributed by atoms with E-state index >= 15 is 17.6 Å². The van der Waals surface area contributed by atoms with Gasteiger partial charge in [0.05, 0.1) is 39.5 Å². The van der Waals surface area contributed by atoms with Gasteiger partial charge < -0.3 is 19.1 Å². The van der Waals surface area contributed by atoms with Crippen LogP contribution in [0.4, 0.5) is 38.0 Å². The van der Waals surface area contributed by atoms with Crippen molar-refractivity contribution in [1.29, 1.82) is 5.26 Å². The maximum Gasteiger partial charge on any atom is 0.415 e. The summed E-state index contributed by atoms with van der Waals surface area (Å²) in [7, 11) is 0. The summed E-state index contributed by atoms with van der Waals surface area (Å²) in [6, 6.07) is 3.23. The van der Waals surface area contributed by atoms with Crippen LogP contribution in [0.1, 0.15) is 104 Å². The minimum absolute atomic E-state index is 0.00738. The number of pyridine rings is 1. The molecule has 4 fully saturated rings. The molecule has 0 radical (unpaired) electrons. The van der Waals surface area contributed by atoms with Crippen LogP contribution in [0.2, 0.25) is 0 Å². The average Bonchev–Trinajstić information content (AvgIpc) is 3.90. The van der Waals surface area contributed by atoms with Crippen molar-refractivity contribution in [2.45, 2.75) is 134 Å². The molecule has 9 rings (SSSR count). The molecule has 324 valence electrons. The molecule has 1 aromatic carbocycles. The lowest BCUT2D eigenvalue weighted by molar-refractivity contribution is -0.133. The first kappa shape index (κ1) is 41.3. The lowest BCUT2D eigenvalue weighted by atomic mass is 9.91. The number of carbonyl (C=O) groups is 2. The van der Waals surface area contributed by atoms with Gasteiger partial charge in [-0.15, -0.1) is 11.3 Å². The molecule has 0 saturated carbocycles. The maximum absolute atomic E-state index is 17.7. The van der Waals surface area contributed by atoms with Crippen molar-refractivity contribution in [3.63, 3.8) is 0 Å². The molecule has 5 aliphatic rings. The highest BCUT2D eigenvalue weighted by Crippen LogP contribution is 2.55. The molecule has 61 heavy (non-hydrogen) atoms. The van der Waals surface area contributed by atoms with Gasteiger partial charge in [-0.05, 0) is 112 Å². The molecule has 0 aliphatic carbocycles. The zero-order valence-corrected chi connectivity index (χ0v) is 35.8. The summed E-state index contributed by atoms with van der Waals surface area (Å²) in [5, 5.41) is 13.1. The molecule has 4 saturated heterocycles. The molecule has 2 bridgehead atoms. The van der Waals surface area contributed by atoms with Crippen molar-refractivity contribution in [3.05, 3.63) is 35.0 Å². The molecule has 1 N–H and O–H groups in total. The number of nitrogens with zero attached hydrogens (tertiary/aromatic N) is 7. The second-order valence-corrected chi connectivity index (χ2v) is 19.9. The number of thiophene rings is 1. The summed E-state index contributed by atoms with van der Waals surface area (Å²) in [5.74, 6) is -6.62. The quantitative estimate of drug-likeness (QED) is 0.151. The average molecular weight is 865 g/mol. The number of rotatable bonds is 5. The van der Waals surface area contributed by atoms with Crippen LogP contribution in [0.3, 0.4) is 0 Å². The normalized spacial score (nSPS) is 24.6. The van der Waals surface area contributed by atoms with Gasteiger partial charge in [-0.1, -0.05) is 0 Å². The van der Waals surface area contributed by atoms with Crippen molar-refractivity contribution >= 4 is 55.3 Å². The zero-order chi connectivity index (χ0) is 43.4. The van der Waals surface area contributed by atoms with Crippen LogP contribution in [0.25, 0.3) is 32.2 Å². The highest BCUT2D eigenvalue weighted by atomic mass is 32.1. The predicted molar refractivity (Wildman–Crippen MR) is 220 cm³/mol. The lowest BCUT2D eigenvalue weighted by Crippen LogP contribution is -2.71. The summed E-state index contributed by atoms with van der Waals surface area (Å²) in [5.41, 5.74) is -2.31. The number of amides is 2. The Balaban J connectivity index is 1.21. The molecule has 3 aromatic heterocycles. The molecule has 0 spiro atoms. The number of nitriles is 1. The van der Waals surface area contributed by atoms with Gasteiger partial charge >= 0.3 is 18.2 Å². The van der Waals surface area contributed by atoms with Gasteiger partial charge in [0.15, 0.2) is 5.82 Å². The van der Waals surface area contributed by atoms with Crippen molar-refractivity contribution in [2.75, 3.05) is 36.5 Å². The van der Waals surface area contributed by atoms with Crippen molar-refractivity contribution in [3.8, 4) is 23.3 Å². The Morgan fingerprint density at radius 2 is 1.69 bits per heavy atom. The Morgan fingerprint density at radius 3 is 2.38 bits per heavy atom. The number of alkyl halides is 2. The van der Waals surface area contributed by atoms with Crippen molar-refractivity contribution < 1.29 is 41.4 Å². The highest BCUT2D eigenvalue weighted by molar-refractivity contribution is 7.23. The largest absolute Gasteiger partial charge is 0.461 e. The fourth-order valence-corrected chi connectivity index (χ4v) is 11.2. The first-order chi connectivity index (χ1) is 28.7. The molecule has 13 nitrogen and oxygen atoms in total. The third-order valence-electron chi connectivity index (χ3n) is 12.5. The van der Waals surface area contributed by atoms with E-state index in [0.717, 1.165) is 56.2 Å².